The Balaban J connectivity index is -0.000000217. The Morgan fingerprint density at radius 3 is 0.858 bits per heavy atom. The minimum atomic E-state index is -0.862. The van der Waals surface area contributed by atoms with Crippen LogP contribution in [0.1, 0.15) is 164 Å². The third kappa shape index (κ3) is 65.0. The van der Waals surface area contributed by atoms with Crippen LogP contribution < -0.4 is 59.6 Å². The van der Waals surface area contributed by atoms with Gasteiger partial charge in [-0.05, 0) is 258 Å². The summed E-state index contributed by atoms with van der Waals surface area (Å²) in [6, 6.07) is 28.4. The SMILES string of the molecule is CC(=O)C[C@@H](CC(C)C)C(=O)O.CI.CN.CNC(=O)[C@H](Cc1ccc(I)cc1)NC(=O)OC(C)(C)C.CNC(=O)[C@H](Cc1ccc(I)cc1)NC(=O)[C@@H](CC(=O)NO)CC(C)C.CNC(=O)[C@H](Cc1ccc(I)cc1)NC(=O)[C@@H](CC(=O)OC)CC(C)C.CNC(=O)[C@H](Cc1ccc(I)cc1)NC(=O)[C@@H](CC(C)=O)CC(C)C.Cl.Cl.NO.[3H][B].[U]. The zero-order valence-electron chi connectivity index (χ0n) is 73.6. The van der Waals surface area contributed by atoms with Crippen LogP contribution in [0.4, 0.5) is 4.79 Å². The number of benzene rings is 4. The second-order valence-electron chi connectivity index (χ2n) is 29.1. The molecule has 4 aromatic rings. The molecule has 4 rings (SSSR count). The van der Waals surface area contributed by atoms with Crippen molar-refractivity contribution < 1.29 is 118 Å². The monoisotopic (exact) mass is 2510 g/mol. The molecule has 0 saturated heterocycles. The van der Waals surface area contributed by atoms with Gasteiger partial charge < -0.3 is 77.6 Å². The van der Waals surface area contributed by atoms with Gasteiger partial charge in [-0.1, -0.05) is 127 Å². The number of alkyl halides is 1. The van der Waals surface area contributed by atoms with Crippen molar-refractivity contribution in [3.8, 4) is 0 Å². The van der Waals surface area contributed by atoms with E-state index in [0.717, 1.165) is 36.5 Å². The molecule has 0 aliphatic rings. The maximum Gasteiger partial charge on any atom is 0.408 e. The number of halogens is 7. The second kappa shape index (κ2) is 75.7. The van der Waals surface area contributed by atoms with Crippen LogP contribution in [0.15, 0.2) is 97.1 Å². The fourth-order valence-electron chi connectivity index (χ4n) is 10.9. The molecular weight excluding hydrogens is 2380 g/mol. The maximum atomic E-state index is 12.7. The van der Waals surface area contributed by atoms with E-state index in [1.165, 1.54) is 42.1 Å². The van der Waals surface area contributed by atoms with E-state index in [1.54, 1.807) is 40.3 Å². The predicted molar refractivity (Wildman–Crippen MR) is 516 cm³/mol. The number of hydrogen-bond acceptors (Lipinski definition) is 19. The topological polar surface area (TPSA) is 461 Å². The Kier molecular flexibility index (Phi) is 81.0. The van der Waals surface area contributed by atoms with Crippen molar-refractivity contribution in [3.05, 3.63) is 134 Å². The largest absolute Gasteiger partial charge is 0.481 e. The maximum absolute atomic E-state index is 12.7. The van der Waals surface area contributed by atoms with E-state index in [4.69, 9.17) is 26.3 Å². The molecule has 0 fully saturated rings. The average Bonchev–Trinajstić information content (AvgIpc) is 0.876. The van der Waals surface area contributed by atoms with Crippen LogP contribution in [0.5, 0.6) is 0 Å². The molecule has 0 saturated carbocycles. The summed E-state index contributed by atoms with van der Waals surface area (Å²) in [4.78, 5) is 156. The number of Topliss-reactive ketones (excluding diaryl/α,β-unsaturated/α-hetero) is 2. The third-order valence-corrected chi connectivity index (χ3v) is 18.9. The summed E-state index contributed by atoms with van der Waals surface area (Å²) in [6.45, 7) is 24.0. The standard InChI is InChI=1S/C19H27IN2O4.C19H27IN2O3.C18H26IN3O4.C15H21IN2O3.C9H16O3.CH3I.CH5N.BH.2ClH.H3NO.U/c1-12(2)9-14(11-17(23)26-4)18(24)22-16(19(25)21-3)10-13-5-7-15(20)8-6-13;1-12(2)9-15(10-13(3)23)18(24)22-17(19(25)21-4)11-14-5-7-16(20)8-6-14;1-11(2)8-13(10-16(23)22-26)17(24)21-15(18(25)20-3)9-12-4-6-14(19)7-5-12;1-15(2,3)21-14(20)18-12(13(19)17-4)9-10-5-7-11(16)8-6-10;1-6(2)4-8(9(11)12)5-7(3)10;2*1-2;;;;1-2;/h5-8,12,14,16H,9-11H2,1-4H3,(H,21,25)(H,22,24);5-8,12,15,17H,9-11H2,1-4H3,(H,21,25)(H,22,24);4-7,11,13,15,26H,8-10H2,1-3H3,(H,20,25)(H,21,24)(H,22,23);5-8,12H,9H2,1-4H3,(H,17,19)(H,18,20);6,8H,4-5H2,1-3H3,(H,11,12);1H3;2H2,1H3;3*1H;2H,1H2;/t14-,16+;15-,17+;13-,15+;12-;8-;;;;;;;/m11101......./s1/i;;;;;;;1T;;;;. The Morgan fingerprint density at radius 2 is 0.650 bits per heavy atom. The molecule has 120 heavy (non-hydrogen) atoms. The van der Waals surface area contributed by atoms with Crippen LogP contribution >= 0.6 is 138 Å². The van der Waals surface area contributed by atoms with Gasteiger partial charge in [0.1, 0.15) is 41.3 Å². The number of nitrogens with two attached hydrogens (primary N) is 2. The number of carbonyl (C=O) groups excluding carboxylic acids is 12. The van der Waals surface area contributed by atoms with Crippen LogP contribution in [0, 0.1) is 92.7 Å². The molecule has 0 spiro atoms. The number of ether oxygens (including phenoxy) is 2. The van der Waals surface area contributed by atoms with Crippen LogP contribution in [-0.4, -0.2) is 179 Å². The molecule has 678 valence electrons. The molecule has 38 heteroatoms. The predicted octanol–water partition coefficient (Wildman–Crippen LogP) is 11.0. The van der Waals surface area contributed by atoms with Gasteiger partial charge in [-0.3, -0.25) is 53.2 Å². The first-order valence-corrected chi connectivity index (χ1v) is 44.0. The van der Waals surface area contributed by atoms with Gasteiger partial charge in [0, 0.05) is 145 Å². The molecule has 29 nitrogen and oxygen atoms in total. The van der Waals surface area contributed by atoms with Crippen LogP contribution in [0.2, 0.25) is 0 Å². The summed E-state index contributed by atoms with van der Waals surface area (Å²) in [5.74, 6) is -1.44. The van der Waals surface area contributed by atoms with Crippen molar-refractivity contribution >= 4 is 223 Å². The van der Waals surface area contributed by atoms with Crippen molar-refractivity contribution in [1.29, 1.82) is 1.34 Å². The molecule has 0 aliphatic heterocycles. The number of esters is 1. The smallest absolute Gasteiger partial charge is 0.408 e. The van der Waals surface area contributed by atoms with E-state index in [0.29, 0.717) is 63.2 Å². The summed E-state index contributed by atoms with van der Waals surface area (Å²) in [5.41, 5.74) is 9.28. The van der Waals surface area contributed by atoms with Crippen LogP contribution in [0.25, 0.3) is 0 Å². The minimum absolute atomic E-state index is 0. The Labute approximate surface area is 818 Å². The fourth-order valence-corrected chi connectivity index (χ4v) is 12.4. The Morgan fingerprint density at radius 1 is 0.425 bits per heavy atom. The average molecular weight is 2520 g/mol. The number of alkyl carbamates (subject to hydrolysis) is 1. The molecule has 9 amide bonds. The van der Waals surface area contributed by atoms with Gasteiger partial charge in [-0.2, -0.15) is 0 Å². The van der Waals surface area contributed by atoms with Gasteiger partial charge in [0.2, 0.25) is 47.3 Å². The Hall–Kier alpha value is -4.62. The molecule has 8 atom stereocenters. The minimum Gasteiger partial charge on any atom is -0.481 e. The van der Waals surface area contributed by atoms with Crippen molar-refractivity contribution in [3.63, 3.8) is 0 Å². The number of carboxylic acid groups (broad SMARTS) is 1. The summed E-state index contributed by atoms with van der Waals surface area (Å²) in [6.07, 6.45) is 3.42. The molecule has 4 aromatic carbocycles. The first-order valence-electron chi connectivity index (χ1n) is 38.1. The van der Waals surface area contributed by atoms with E-state index in [2.05, 4.69) is 175 Å². The van der Waals surface area contributed by atoms with Gasteiger partial charge in [0.05, 0.1) is 19.4 Å². The fraction of sp³-hybridized carbons (Fsp3) is 0.549. The second-order valence-corrected chi connectivity index (χ2v) is 34.1. The molecule has 2 radical (unpaired) electrons. The number of hydroxylamine groups is 1. The van der Waals surface area contributed by atoms with Gasteiger partial charge >= 0.3 is 18.0 Å². The number of aliphatic carboxylic acids is 1. The van der Waals surface area contributed by atoms with E-state index in [9.17, 15) is 62.3 Å². The Bertz CT molecular complexity index is 3490. The third-order valence-electron chi connectivity index (χ3n) is 16.1. The molecule has 0 heterocycles. The number of amides is 9. The number of carbonyl (C=O) groups is 13. The summed E-state index contributed by atoms with van der Waals surface area (Å²) >= 11 is 11.0. The molecule has 0 aromatic heterocycles. The number of hydrogen-bond donors (Lipinski definition) is 14. The van der Waals surface area contributed by atoms with E-state index in [1.807, 2.05) is 157 Å². The normalized spacial score (nSPS) is 12.1. The quantitative estimate of drug-likeness (QED) is 0.00502. The first kappa shape index (κ1) is 129. The van der Waals surface area contributed by atoms with Crippen molar-refractivity contribution in [1.82, 2.24) is 48.0 Å². The van der Waals surface area contributed by atoms with Gasteiger partial charge in [0.15, 0.2) is 0 Å². The number of likely N-dealkylation sites (N-methyl/N-ethyl adjacent to an activating group) is 4. The van der Waals surface area contributed by atoms with E-state index >= 15 is 0 Å². The van der Waals surface area contributed by atoms with E-state index < -0.39 is 77.4 Å². The van der Waals surface area contributed by atoms with Crippen LogP contribution in [-0.2, 0) is 92.7 Å². The zero-order chi connectivity index (χ0) is 92.1. The molecule has 0 aliphatic carbocycles. The van der Waals surface area contributed by atoms with Gasteiger partial charge in [-0.25, -0.2) is 16.2 Å². The van der Waals surface area contributed by atoms with Crippen molar-refractivity contribution in [2.45, 2.75) is 197 Å². The number of nitrogens with one attached hydrogen (secondary N) is 9. The molecular formula is C82H131BCl2I5N11O18U. The number of methoxy groups -OCH3 is 1. The van der Waals surface area contributed by atoms with Crippen molar-refractivity contribution in [2.24, 2.45) is 59.0 Å². The summed E-state index contributed by atoms with van der Waals surface area (Å²) in [7, 11) is 12.7. The summed E-state index contributed by atoms with van der Waals surface area (Å²) < 4.78 is 19.5. The first-order chi connectivity index (χ1) is 55.4. The molecule has 0 bridgehead atoms. The zero-order valence-corrected chi connectivity index (χ0v) is 89.1. The number of carboxylic acids is 1. The van der Waals surface area contributed by atoms with Gasteiger partial charge in [0.25, 0.3) is 0 Å². The molecule has 16 N–H and O–H groups in total. The summed E-state index contributed by atoms with van der Waals surface area (Å²) in [5, 5.41) is 45.3. The van der Waals surface area contributed by atoms with Crippen LogP contribution in [0.3, 0.4) is 0 Å². The van der Waals surface area contributed by atoms with E-state index in [-0.39, 0.29) is 146 Å². The van der Waals surface area contributed by atoms with Gasteiger partial charge in [-0.15, -0.1) is 24.8 Å². The number of rotatable bonds is 36. The number of ketones is 2. The van der Waals surface area contributed by atoms with Crippen molar-refractivity contribution in [2.75, 3.05) is 47.3 Å². The molecule has 0 unspecified atom stereocenters.